The maximum atomic E-state index is 12.8. The number of nitrogens with one attached hydrogen (secondary N) is 1. The van der Waals surface area contributed by atoms with Crippen molar-refractivity contribution >= 4 is 11.9 Å². The van der Waals surface area contributed by atoms with Gasteiger partial charge >= 0.3 is 6.03 Å². The summed E-state index contributed by atoms with van der Waals surface area (Å²) in [5.74, 6) is -0.0700. The predicted octanol–water partition coefficient (Wildman–Crippen LogP) is 3.39. The molecule has 1 N–H and O–H groups in total. The highest BCUT2D eigenvalue weighted by atomic mass is 16.2. The molecule has 4 nitrogen and oxygen atoms in total. The number of carbonyl (C=O) groups excluding carboxylic acids is 2. The Morgan fingerprint density at radius 1 is 1.10 bits per heavy atom. The summed E-state index contributed by atoms with van der Waals surface area (Å²) < 4.78 is 0. The van der Waals surface area contributed by atoms with Crippen LogP contribution in [0, 0.1) is 6.92 Å². The van der Waals surface area contributed by atoms with Gasteiger partial charge in [-0.2, -0.15) is 0 Å². The minimum Gasteiger partial charge on any atom is -0.323 e. The zero-order valence-electron chi connectivity index (χ0n) is 13.1. The molecule has 0 aliphatic carbocycles. The van der Waals surface area contributed by atoms with Crippen molar-refractivity contribution in [2.24, 2.45) is 0 Å². The molecule has 0 unspecified atom stereocenters. The monoisotopic (exact) mass is 288 g/mol. The van der Waals surface area contributed by atoms with E-state index in [1.807, 2.05) is 45.0 Å². The summed E-state index contributed by atoms with van der Waals surface area (Å²) in [4.78, 5) is 26.4. The first kappa shape index (κ1) is 15.5. The molecule has 0 aromatic heterocycles. The highest BCUT2D eigenvalue weighted by molar-refractivity contribution is 6.07. The molecule has 1 aromatic carbocycles. The van der Waals surface area contributed by atoms with E-state index in [9.17, 15) is 9.59 Å². The van der Waals surface area contributed by atoms with E-state index < -0.39 is 5.54 Å². The molecule has 21 heavy (non-hydrogen) atoms. The highest BCUT2D eigenvalue weighted by Crippen LogP contribution is 2.29. The maximum Gasteiger partial charge on any atom is 0.325 e. The molecule has 1 aliphatic heterocycles. The third-order valence-electron chi connectivity index (χ3n) is 4.19. The van der Waals surface area contributed by atoms with Gasteiger partial charge in [0.25, 0.3) is 5.91 Å². The van der Waals surface area contributed by atoms with Crippen LogP contribution in [-0.4, -0.2) is 22.4 Å². The fraction of sp³-hybridized carbons (Fsp3) is 0.529. The Balaban J connectivity index is 2.23. The molecule has 3 amide bonds. The normalized spacial score (nSPS) is 17.2. The lowest BCUT2D eigenvalue weighted by molar-refractivity contribution is -0.132. The van der Waals surface area contributed by atoms with Gasteiger partial charge in [-0.05, 0) is 30.9 Å². The van der Waals surface area contributed by atoms with E-state index in [-0.39, 0.29) is 11.9 Å². The number of benzene rings is 1. The molecule has 4 heteroatoms. The third kappa shape index (κ3) is 2.94. The lowest BCUT2D eigenvalue weighted by Gasteiger charge is -2.25. The second-order valence-corrected chi connectivity index (χ2v) is 5.83. The Labute approximate surface area is 126 Å². The van der Waals surface area contributed by atoms with Gasteiger partial charge < -0.3 is 5.32 Å². The van der Waals surface area contributed by atoms with E-state index in [4.69, 9.17) is 0 Å². The number of urea groups is 1. The van der Waals surface area contributed by atoms with Crippen molar-refractivity contribution in [2.45, 2.75) is 58.5 Å². The first-order valence-corrected chi connectivity index (χ1v) is 7.72. The number of imide groups is 1. The van der Waals surface area contributed by atoms with Gasteiger partial charge in [-0.25, -0.2) is 4.79 Å². The standard InChI is InChI=1S/C17H24N2O2/c1-4-10-17(11-5-2)15(20)19(16(21)18-17)12-14-9-7-6-8-13(14)3/h6-9H,4-5,10-12H2,1-3H3,(H,18,21). The molecule has 1 aliphatic rings. The summed E-state index contributed by atoms with van der Waals surface area (Å²) in [6.45, 7) is 6.44. The van der Waals surface area contributed by atoms with Crippen molar-refractivity contribution in [3.8, 4) is 0 Å². The summed E-state index contributed by atoms with van der Waals surface area (Å²) >= 11 is 0. The van der Waals surface area contributed by atoms with Gasteiger partial charge in [-0.1, -0.05) is 51.0 Å². The van der Waals surface area contributed by atoms with Crippen molar-refractivity contribution in [2.75, 3.05) is 0 Å². The second kappa shape index (κ2) is 6.29. The molecule has 1 saturated heterocycles. The summed E-state index contributed by atoms with van der Waals surface area (Å²) in [5.41, 5.74) is 1.43. The smallest absolute Gasteiger partial charge is 0.323 e. The van der Waals surface area contributed by atoms with Crippen molar-refractivity contribution in [3.05, 3.63) is 35.4 Å². The maximum absolute atomic E-state index is 12.8. The minimum absolute atomic E-state index is 0.0700. The lowest BCUT2D eigenvalue weighted by Crippen LogP contribution is -2.46. The Bertz CT molecular complexity index is 533. The van der Waals surface area contributed by atoms with Crippen LogP contribution in [0.3, 0.4) is 0 Å². The SMILES string of the molecule is CCCC1(CCC)NC(=O)N(Cc2ccccc2C)C1=O. The first-order valence-electron chi connectivity index (χ1n) is 7.72. The van der Waals surface area contributed by atoms with E-state index in [1.54, 1.807) is 0 Å². The van der Waals surface area contributed by atoms with Gasteiger partial charge in [0.05, 0.1) is 6.54 Å². The molecule has 0 spiro atoms. The van der Waals surface area contributed by atoms with Crippen molar-refractivity contribution < 1.29 is 9.59 Å². The predicted molar refractivity (Wildman–Crippen MR) is 82.8 cm³/mol. The van der Waals surface area contributed by atoms with Crippen LogP contribution in [0.2, 0.25) is 0 Å². The van der Waals surface area contributed by atoms with Crippen LogP contribution in [-0.2, 0) is 11.3 Å². The number of aryl methyl sites for hydroxylation is 1. The average molecular weight is 288 g/mol. The van der Waals surface area contributed by atoms with Crippen molar-refractivity contribution in [1.29, 1.82) is 0 Å². The van der Waals surface area contributed by atoms with Crippen LogP contribution < -0.4 is 5.32 Å². The Morgan fingerprint density at radius 2 is 1.71 bits per heavy atom. The van der Waals surface area contributed by atoms with Crippen molar-refractivity contribution in [1.82, 2.24) is 10.2 Å². The van der Waals surface area contributed by atoms with Gasteiger partial charge in [0.15, 0.2) is 0 Å². The molecule has 0 bridgehead atoms. The van der Waals surface area contributed by atoms with Gasteiger partial charge in [0.1, 0.15) is 5.54 Å². The summed E-state index contributed by atoms with van der Waals surface area (Å²) in [5, 5.41) is 2.95. The van der Waals surface area contributed by atoms with Gasteiger partial charge in [-0.15, -0.1) is 0 Å². The summed E-state index contributed by atoms with van der Waals surface area (Å²) in [6, 6.07) is 7.61. The van der Waals surface area contributed by atoms with Crippen LogP contribution in [0.4, 0.5) is 4.79 Å². The number of hydrogen-bond donors (Lipinski definition) is 1. The van der Waals surface area contributed by atoms with E-state index in [0.717, 1.165) is 24.0 Å². The largest absolute Gasteiger partial charge is 0.325 e. The van der Waals surface area contributed by atoms with Crippen LogP contribution in [0.5, 0.6) is 0 Å². The van der Waals surface area contributed by atoms with E-state index >= 15 is 0 Å². The number of rotatable bonds is 6. The zero-order chi connectivity index (χ0) is 15.5. The van der Waals surface area contributed by atoms with Gasteiger partial charge in [0.2, 0.25) is 0 Å². The molecule has 0 saturated carbocycles. The number of hydrogen-bond acceptors (Lipinski definition) is 2. The molecule has 1 heterocycles. The topological polar surface area (TPSA) is 49.4 Å². The van der Waals surface area contributed by atoms with E-state index in [2.05, 4.69) is 5.32 Å². The Hall–Kier alpha value is -1.84. The zero-order valence-corrected chi connectivity index (χ0v) is 13.1. The molecule has 114 valence electrons. The van der Waals surface area contributed by atoms with E-state index in [1.165, 1.54) is 4.90 Å². The van der Waals surface area contributed by atoms with Crippen LogP contribution in [0.1, 0.15) is 50.7 Å². The fourth-order valence-corrected chi connectivity index (χ4v) is 3.10. The average Bonchev–Trinajstić information content (AvgIpc) is 2.67. The number of carbonyl (C=O) groups is 2. The molecular formula is C17H24N2O2. The van der Waals surface area contributed by atoms with Crippen LogP contribution in [0.15, 0.2) is 24.3 Å². The second-order valence-electron chi connectivity index (χ2n) is 5.83. The van der Waals surface area contributed by atoms with Crippen LogP contribution in [0.25, 0.3) is 0 Å². The molecule has 1 aromatic rings. The highest BCUT2D eigenvalue weighted by Gasteiger charge is 2.49. The van der Waals surface area contributed by atoms with Crippen LogP contribution >= 0.6 is 0 Å². The fourth-order valence-electron chi connectivity index (χ4n) is 3.10. The molecule has 0 radical (unpaired) electrons. The Kier molecular flexibility index (Phi) is 4.66. The Morgan fingerprint density at radius 3 is 2.29 bits per heavy atom. The molecule has 2 rings (SSSR count). The van der Waals surface area contributed by atoms with E-state index in [0.29, 0.717) is 19.4 Å². The van der Waals surface area contributed by atoms with Gasteiger partial charge in [-0.3, -0.25) is 9.69 Å². The number of amides is 3. The van der Waals surface area contributed by atoms with Gasteiger partial charge in [0, 0.05) is 0 Å². The molecule has 1 fully saturated rings. The first-order chi connectivity index (χ1) is 10.0. The lowest BCUT2D eigenvalue weighted by atomic mass is 9.88. The quantitative estimate of drug-likeness (QED) is 0.816. The number of nitrogens with zero attached hydrogens (tertiary/aromatic N) is 1. The summed E-state index contributed by atoms with van der Waals surface area (Å²) in [6.07, 6.45) is 3.17. The minimum atomic E-state index is -0.691. The molecular weight excluding hydrogens is 264 g/mol. The molecule has 0 atom stereocenters. The van der Waals surface area contributed by atoms with Crippen molar-refractivity contribution in [3.63, 3.8) is 0 Å². The third-order valence-corrected chi connectivity index (χ3v) is 4.19. The summed E-state index contributed by atoms with van der Waals surface area (Å²) in [7, 11) is 0.